The Kier molecular flexibility index (Phi) is 7.73. The Labute approximate surface area is 270 Å². The average molecular weight is 694 g/mol. The highest BCUT2D eigenvalue weighted by atomic mass is 19.2. The Morgan fingerprint density at radius 2 is 0.760 bits per heavy atom. The maximum atomic E-state index is 15.3. The van der Waals surface area contributed by atoms with Crippen LogP contribution in [0.25, 0.3) is 11.1 Å². The van der Waals surface area contributed by atoms with Gasteiger partial charge < -0.3 is 8.83 Å². The molecule has 0 saturated carbocycles. The van der Waals surface area contributed by atoms with E-state index in [2.05, 4.69) is 9.98 Å². The number of allylic oxidation sites excluding steroid dienone is 4. The lowest BCUT2D eigenvalue weighted by Crippen LogP contribution is -2.17. The van der Waals surface area contributed by atoms with Crippen LogP contribution in [0.5, 0.6) is 0 Å². The molecule has 0 saturated heterocycles. The summed E-state index contributed by atoms with van der Waals surface area (Å²) in [6.45, 7) is 0. The van der Waals surface area contributed by atoms with Gasteiger partial charge in [0, 0.05) is 0 Å². The molecule has 0 bridgehead atoms. The molecule has 0 radical (unpaired) electrons. The van der Waals surface area contributed by atoms with Crippen molar-refractivity contribution in [2.24, 2.45) is 9.98 Å². The third-order valence-electron chi connectivity index (χ3n) is 7.16. The summed E-state index contributed by atoms with van der Waals surface area (Å²) in [7, 11) is 0. The van der Waals surface area contributed by atoms with Gasteiger partial charge in [0.2, 0.25) is 23.2 Å². The Morgan fingerprint density at radius 1 is 0.460 bits per heavy atom. The van der Waals surface area contributed by atoms with E-state index in [1.54, 1.807) is 12.1 Å². The number of aliphatic imine (C=N–C) groups is 2. The molecule has 8 nitrogen and oxygen atoms in total. The quantitative estimate of drug-likeness (QED) is 0.0937. The minimum absolute atomic E-state index is 0.467. The number of hydrogen-bond acceptors (Lipinski definition) is 8. The van der Waals surface area contributed by atoms with E-state index in [1.807, 2.05) is 0 Å². The molecule has 2 aromatic carbocycles. The van der Waals surface area contributed by atoms with Crippen LogP contribution in [0.15, 0.2) is 65.6 Å². The topological polar surface area (TPSA) is 146 Å². The summed E-state index contributed by atoms with van der Waals surface area (Å²) in [6, 6.07) is 10.1. The van der Waals surface area contributed by atoms with Crippen molar-refractivity contribution in [2.45, 2.75) is 0 Å². The Balaban J connectivity index is 1.81. The van der Waals surface area contributed by atoms with Gasteiger partial charge in [-0.15, -0.1) is 0 Å². The summed E-state index contributed by atoms with van der Waals surface area (Å²) in [4.78, 5) is 7.73. The van der Waals surface area contributed by atoms with Crippen LogP contribution in [-0.4, -0.2) is 11.4 Å². The predicted molar refractivity (Wildman–Crippen MR) is 144 cm³/mol. The summed E-state index contributed by atoms with van der Waals surface area (Å²) < 4.78 is 157. The van der Waals surface area contributed by atoms with Gasteiger partial charge in [0.1, 0.15) is 58.3 Å². The zero-order valence-electron chi connectivity index (χ0n) is 23.6. The zero-order valence-corrected chi connectivity index (χ0v) is 23.6. The van der Waals surface area contributed by atoms with Crippen molar-refractivity contribution in [3.63, 3.8) is 0 Å². The van der Waals surface area contributed by atoms with Crippen LogP contribution in [0.3, 0.4) is 0 Å². The van der Waals surface area contributed by atoms with Crippen LogP contribution in [0.4, 0.5) is 43.9 Å². The van der Waals surface area contributed by atoms with E-state index in [0.717, 1.165) is 24.3 Å². The normalized spacial score (nSPS) is 15.6. The minimum Gasteiger partial charge on any atom is -0.445 e. The van der Waals surface area contributed by atoms with Crippen molar-refractivity contribution < 1.29 is 52.7 Å². The molecule has 18 heteroatoms. The zero-order chi connectivity index (χ0) is 36.3. The molecule has 6 rings (SSSR count). The summed E-state index contributed by atoms with van der Waals surface area (Å²) in [5.41, 5.74) is -11.7. The molecule has 0 aliphatic carbocycles. The largest absolute Gasteiger partial charge is 0.445 e. The number of benzene rings is 2. The van der Waals surface area contributed by atoms with E-state index in [9.17, 15) is 47.4 Å². The highest BCUT2D eigenvalue weighted by Crippen LogP contribution is 2.47. The first-order valence-electron chi connectivity index (χ1n) is 13.1. The Morgan fingerprint density at radius 3 is 1.02 bits per heavy atom. The van der Waals surface area contributed by atoms with Crippen molar-refractivity contribution in [1.29, 1.82) is 21.0 Å². The van der Waals surface area contributed by atoms with Crippen molar-refractivity contribution in [3.05, 3.63) is 139 Å². The molecule has 0 spiro atoms. The molecule has 0 unspecified atom stereocenters. The molecule has 0 fully saturated rings. The van der Waals surface area contributed by atoms with Gasteiger partial charge in [-0.2, -0.15) is 21.0 Å². The molecular weight excluding hydrogens is 690 g/mol. The standard InChI is InChI=1S/C32H4F10N6O2/c33-19-17(20(34)24(38)27(41)23(19)37)29-15(11(7-45)13-3-1-9(5-43)49-13)31-32(47-29)16(12(8-46)14-4-2-10(6-44)50-14)30(48-31)18-21(35)25(39)28(42)26(40)22(18)36/h1-4H/b15-11-,16-12-. The van der Waals surface area contributed by atoms with Crippen molar-refractivity contribution in [2.75, 3.05) is 0 Å². The maximum Gasteiger partial charge on any atom is 0.204 e. The van der Waals surface area contributed by atoms with Crippen LogP contribution >= 0.6 is 0 Å². The highest BCUT2D eigenvalue weighted by molar-refractivity contribution is 6.30. The molecule has 2 aromatic heterocycles. The Hall–Kier alpha value is -7.18. The van der Waals surface area contributed by atoms with E-state index in [0.29, 0.717) is 0 Å². The number of nitriles is 4. The fraction of sp³-hybridized carbons (Fsp3) is 0. The predicted octanol–water partition coefficient (Wildman–Crippen LogP) is 7.48. The van der Waals surface area contributed by atoms with Crippen LogP contribution in [0.1, 0.15) is 34.2 Å². The van der Waals surface area contributed by atoms with Crippen LogP contribution in [0.2, 0.25) is 0 Å². The van der Waals surface area contributed by atoms with Gasteiger partial charge in [0.15, 0.2) is 46.5 Å². The molecule has 2 aliphatic rings. The fourth-order valence-electron chi connectivity index (χ4n) is 5.01. The second kappa shape index (κ2) is 11.8. The number of halogens is 10. The number of nitrogens with zero attached hydrogens (tertiary/aromatic N) is 6. The second-order valence-corrected chi connectivity index (χ2v) is 9.78. The highest BCUT2D eigenvalue weighted by Gasteiger charge is 2.44. The smallest absolute Gasteiger partial charge is 0.204 e. The summed E-state index contributed by atoms with van der Waals surface area (Å²) in [5, 5.41) is 38.7. The third-order valence-corrected chi connectivity index (χ3v) is 7.16. The summed E-state index contributed by atoms with van der Waals surface area (Å²) >= 11 is 0. The van der Waals surface area contributed by atoms with Crippen LogP contribution in [0, 0.1) is 103 Å². The average Bonchev–Trinajstić information content (AvgIpc) is 3.92. The van der Waals surface area contributed by atoms with Gasteiger partial charge >= 0.3 is 0 Å². The van der Waals surface area contributed by atoms with E-state index in [4.69, 9.17) is 8.83 Å². The molecule has 244 valence electrons. The Bertz CT molecular complexity index is 2360. The number of furan rings is 2. The first kappa shape index (κ1) is 32.7. The molecule has 4 aromatic rings. The first-order chi connectivity index (χ1) is 23.8. The summed E-state index contributed by atoms with van der Waals surface area (Å²) in [5.74, 6) is -27.2. The minimum atomic E-state index is -2.59. The molecule has 0 N–H and O–H groups in total. The summed E-state index contributed by atoms with van der Waals surface area (Å²) in [6.07, 6.45) is 0. The van der Waals surface area contributed by atoms with Gasteiger partial charge in [0.25, 0.3) is 0 Å². The number of rotatable bonds is 4. The van der Waals surface area contributed by atoms with E-state index < -0.39 is 137 Å². The molecule has 2 aliphatic heterocycles. The SMILES string of the molecule is N#C/C(=C1\C(c2c(F)c(F)c(F)c(F)c2F)=NC2=C1N=C(c1c(F)c(F)c(F)c(F)c1F)/C2=C(\C#N)c1ccc(C#N)o1)c1ccc(C#N)o1. The lowest BCUT2D eigenvalue weighted by Gasteiger charge is -2.14. The van der Waals surface area contributed by atoms with Crippen molar-refractivity contribution in [3.8, 4) is 24.3 Å². The van der Waals surface area contributed by atoms with Gasteiger partial charge in [-0.25, -0.2) is 53.9 Å². The second-order valence-electron chi connectivity index (χ2n) is 9.78. The van der Waals surface area contributed by atoms with E-state index in [-0.39, 0.29) is 0 Å². The maximum absolute atomic E-state index is 15.3. The molecular formula is C32H4F10N6O2. The molecule has 4 heterocycles. The van der Waals surface area contributed by atoms with E-state index in [1.165, 1.54) is 12.1 Å². The van der Waals surface area contributed by atoms with Crippen molar-refractivity contribution >= 4 is 22.6 Å². The van der Waals surface area contributed by atoms with Crippen LogP contribution in [-0.2, 0) is 0 Å². The lowest BCUT2D eigenvalue weighted by atomic mass is 9.93. The van der Waals surface area contributed by atoms with Crippen LogP contribution < -0.4 is 0 Å². The lowest BCUT2D eigenvalue weighted by molar-refractivity contribution is 0.377. The number of hydrogen-bond donors (Lipinski definition) is 0. The molecule has 50 heavy (non-hydrogen) atoms. The van der Waals surface area contributed by atoms with Crippen molar-refractivity contribution in [1.82, 2.24) is 0 Å². The van der Waals surface area contributed by atoms with Gasteiger partial charge in [-0.1, -0.05) is 0 Å². The molecule has 0 atom stereocenters. The van der Waals surface area contributed by atoms with Gasteiger partial charge in [-0.05, 0) is 24.3 Å². The fourth-order valence-corrected chi connectivity index (χ4v) is 5.01. The monoisotopic (exact) mass is 694 g/mol. The van der Waals surface area contributed by atoms with Gasteiger partial charge in [0.05, 0.1) is 33.7 Å². The molecule has 0 amide bonds. The van der Waals surface area contributed by atoms with E-state index >= 15 is 17.6 Å². The first-order valence-corrected chi connectivity index (χ1v) is 13.1. The van der Waals surface area contributed by atoms with Gasteiger partial charge in [-0.3, -0.25) is 0 Å². The third kappa shape index (κ3) is 4.58.